The highest BCUT2D eigenvalue weighted by Gasteiger charge is 2.26. The summed E-state index contributed by atoms with van der Waals surface area (Å²) in [5.41, 5.74) is 2.16. The number of aliphatic hydroxyl groups excluding tert-OH is 1. The highest BCUT2D eigenvalue weighted by atomic mass is 16.5. The first-order valence-electron chi connectivity index (χ1n) is 8.53. The molecule has 0 aliphatic heterocycles. The van der Waals surface area contributed by atoms with Gasteiger partial charge in [0.25, 0.3) is 0 Å². The Kier molecular flexibility index (Phi) is 6.40. The van der Waals surface area contributed by atoms with Gasteiger partial charge in [-0.25, -0.2) is 0 Å². The number of rotatable bonds is 2. The number of hydrogen-bond donors (Lipinski definition) is 1. The average molecular weight is 316 g/mol. The fourth-order valence-corrected chi connectivity index (χ4v) is 3.50. The van der Waals surface area contributed by atoms with Gasteiger partial charge in [0.2, 0.25) is 0 Å². The van der Waals surface area contributed by atoms with Crippen LogP contribution in [0.4, 0.5) is 0 Å². The van der Waals surface area contributed by atoms with Gasteiger partial charge in [-0.3, -0.25) is 4.79 Å². The van der Waals surface area contributed by atoms with Gasteiger partial charge in [0.05, 0.1) is 6.10 Å². The van der Waals surface area contributed by atoms with E-state index in [4.69, 9.17) is 4.74 Å². The van der Waals surface area contributed by atoms with Crippen molar-refractivity contribution < 1.29 is 14.6 Å². The molecule has 1 aliphatic carbocycles. The van der Waals surface area contributed by atoms with Crippen LogP contribution in [0.3, 0.4) is 0 Å². The van der Waals surface area contributed by atoms with E-state index in [0.717, 1.165) is 37.7 Å². The molecule has 0 aromatic heterocycles. The summed E-state index contributed by atoms with van der Waals surface area (Å²) in [7, 11) is 0. The third kappa shape index (κ3) is 5.51. The number of esters is 1. The molecule has 1 aliphatic rings. The van der Waals surface area contributed by atoms with Crippen molar-refractivity contribution in [2.24, 2.45) is 5.92 Å². The molecule has 0 unspecified atom stereocenters. The van der Waals surface area contributed by atoms with Gasteiger partial charge in [0.1, 0.15) is 6.10 Å². The van der Waals surface area contributed by atoms with Crippen molar-refractivity contribution in [1.82, 2.24) is 0 Å². The number of benzene rings is 1. The Morgan fingerprint density at radius 2 is 1.91 bits per heavy atom. The van der Waals surface area contributed by atoms with Crippen LogP contribution in [-0.4, -0.2) is 23.3 Å². The van der Waals surface area contributed by atoms with Gasteiger partial charge in [-0.15, -0.1) is 0 Å². The molecular formula is C20H28O3. The van der Waals surface area contributed by atoms with Crippen LogP contribution in [0.5, 0.6) is 0 Å². The monoisotopic (exact) mass is 316 g/mol. The summed E-state index contributed by atoms with van der Waals surface area (Å²) in [5, 5.41) is 10.4. The highest BCUT2D eigenvalue weighted by molar-refractivity contribution is 5.66. The van der Waals surface area contributed by atoms with Gasteiger partial charge in [-0.05, 0) is 55.1 Å². The molecule has 23 heavy (non-hydrogen) atoms. The molecular weight excluding hydrogens is 288 g/mol. The summed E-state index contributed by atoms with van der Waals surface area (Å²) in [6.45, 7) is 7.79. The van der Waals surface area contributed by atoms with Crippen molar-refractivity contribution in [2.45, 2.75) is 64.1 Å². The smallest absolute Gasteiger partial charge is 0.303 e. The number of carbonyl (C=O) groups excluding carboxylic acids is 1. The molecule has 1 aromatic carbocycles. The lowest BCUT2D eigenvalue weighted by Crippen LogP contribution is -2.25. The zero-order chi connectivity index (χ0) is 16.8. The lowest BCUT2D eigenvalue weighted by atomic mass is 9.81. The van der Waals surface area contributed by atoms with Crippen molar-refractivity contribution in [1.29, 1.82) is 0 Å². The van der Waals surface area contributed by atoms with E-state index < -0.39 is 0 Å². The number of carbonyl (C=O) groups is 1. The number of hydrogen-bond acceptors (Lipinski definition) is 3. The molecule has 0 spiro atoms. The van der Waals surface area contributed by atoms with Gasteiger partial charge in [0, 0.05) is 6.92 Å². The van der Waals surface area contributed by atoms with Gasteiger partial charge in [-0.2, -0.15) is 0 Å². The van der Waals surface area contributed by atoms with Crippen molar-refractivity contribution in [3.8, 4) is 0 Å². The van der Waals surface area contributed by atoms with Crippen LogP contribution < -0.4 is 0 Å². The van der Waals surface area contributed by atoms with E-state index in [2.05, 4.69) is 25.6 Å². The quantitative estimate of drug-likeness (QED) is 0.656. The van der Waals surface area contributed by atoms with Gasteiger partial charge in [0.15, 0.2) is 0 Å². The first kappa shape index (κ1) is 17.7. The second-order valence-corrected chi connectivity index (χ2v) is 6.88. The zero-order valence-corrected chi connectivity index (χ0v) is 14.2. The third-order valence-electron chi connectivity index (χ3n) is 4.70. The van der Waals surface area contributed by atoms with Gasteiger partial charge >= 0.3 is 5.97 Å². The fraction of sp³-hybridized carbons (Fsp3) is 0.550. The standard InChI is InChI=1S/C20H28O3/c1-14-9-10-20(23-16(3)21)15(2)12-18(13-19(22)11-14)17-7-5-4-6-8-17/h4-8,14,18-20,22H,2,9-13H2,1,3H3/t14-,18+,19+,20-/m1/s1. The van der Waals surface area contributed by atoms with Gasteiger partial charge in [-0.1, -0.05) is 43.8 Å². The lowest BCUT2D eigenvalue weighted by Gasteiger charge is -2.29. The van der Waals surface area contributed by atoms with Crippen LogP contribution >= 0.6 is 0 Å². The minimum absolute atomic E-state index is 0.210. The molecule has 1 fully saturated rings. The van der Waals surface area contributed by atoms with Crippen LogP contribution in [0.1, 0.15) is 57.4 Å². The molecule has 0 bridgehead atoms. The molecule has 0 saturated heterocycles. The van der Waals surface area contributed by atoms with Crippen LogP contribution in [0.15, 0.2) is 42.5 Å². The van der Waals surface area contributed by atoms with Crippen molar-refractivity contribution >= 4 is 5.97 Å². The molecule has 1 saturated carbocycles. The van der Waals surface area contributed by atoms with Crippen molar-refractivity contribution in [3.63, 3.8) is 0 Å². The maximum Gasteiger partial charge on any atom is 0.303 e. The largest absolute Gasteiger partial charge is 0.458 e. The number of aliphatic hydroxyl groups is 1. The molecule has 3 heteroatoms. The second kappa shape index (κ2) is 8.30. The van der Waals surface area contributed by atoms with Gasteiger partial charge < -0.3 is 9.84 Å². The molecule has 0 amide bonds. The molecule has 2 rings (SSSR count). The summed E-state index contributed by atoms with van der Waals surface area (Å²) in [6, 6.07) is 10.2. The summed E-state index contributed by atoms with van der Waals surface area (Å²) >= 11 is 0. The van der Waals surface area contributed by atoms with Crippen LogP contribution in [-0.2, 0) is 9.53 Å². The average Bonchev–Trinajstić information content (AvgIpc) is 2.50. The molecule has 3 nitrogen and oxygen atoms in total. The highest BCUT2D eigenvalue weighted by Crippen LogP contribution is 2.34. The van der Waals surface area contributed by atoms with Crippen LogP contribution in [0, 0.1) is 5.92 Å². The first-order chi connectivity index (χ1) is 11.0. The minimum atomic E-state index is -0.298. The van der Waals surface area contributed by atoms with E-state index in [1.165, 1.54) is 12.5 Å². The fourth-order valence-electron chi connectivity index (χ4n) is 3.50. The predicted octanol–water partition coefficient (Wildman–Crippen LogP) is 4.22. The third-order valence-corrected chi connectivity index (χ3v) is 4.70. The Hall–Kier alpha value is -1.61. The minimum Gasteiger partial charge on any atom is -0.458 e. The Morgan fingerprint density at radius 3 is 2.57 bits per heavy atom. The van der Waals surface area contributed by atoms with Crippen molar-refractivity contribution in [3.05, 3.63) is 48.0 Å². The summed E-state index contributed by atoms with van der Waals surface area (Å²) < 4.78 is 5.49. The van der Waals surface area contributed by atoms with E-state index in [1.54, 1.807) is 0 Å². The molecule has 0 heterocycles. The van der Waals surface area contributed by atoms with E-state index in [0.29, 0.717) is 5.92 Å². The zero-order valence-electron chi connectivity index (χ0n) is 14.2. The van der Waals surface area contributed by atoms with Crippen LogP contribution in [0.25, 0.3) is 0 Å². The predicted molar refractivity (Wildman–Crippen MR) is 92.1 cm³/mol. The molecule has 1 aromatic rings. The van der Waals surface area contributed by atoms with E-state index in [-0.39, 0.29) is 24.1 Å². The summed E-state index contributed by atoms with van der Waals surface area (Å²) in [4.78, 5) is 11.4. The Morgan fingerprint density at radius 1 is 1.22 bits per heavy atom. The summed E-state index contributed by atoms with van der Waals surface area (Å²) in [5.74, 6) is 0.365. The maximum absolute atomic E-state index is 11.4. The SMILES string of the molecule is C=C1C[C@H](c2ccccc2)C[C@@H](O)C[C@H](C)CC[C@H]1OC(C)=O. The molecule has 0 radical (unpaired) electrons. The normalized spacial score (nSPS) is 29.8. The van der Waals surface area contributed by atoms with Crippen molar-refractivity contribution in [2.75, 3.05) is 0 Å². The van der Waals surface area contributed by atoms with Crippen LogP contribution in [0.2, 0.25) is 0 Å². The molecule has 1 N–H and O–H groups in total. The Bertz CT molecular complexity index is 523. The Balaban J connectivity index is 2.20. The lowest BCUT2D eigenvalue weighted by molar-refractivity contribution is -0.145. The first-order valence-corrected chi connectivity index (χ1v) is 8.53. The summed E-state index contributed by atoms with van der Waals surface area (Å²) in [6.07, 6.45) is 3.47. The van der Waals surface area contributed by atoms with E-state index in [1.807, 2.05) is 18.2 Å². The number of ether oxygens (including phenoxy) is 1. The maximum atomic E-state index is 11.4. The molecule has 126 valence electrons. The van der Waals surface area contributed by atoms with E-state index >= 15 is 0 Å². The molecule has 4 atom stereocenters. The topological polar surface area (TPSA) is 46.5 Å². The second-order valence-electron chi connectivity index (χ2n) is 6.88. The van der Waals surface area contributed by atoms with E-state index in [9.17, 15) is 9.90 Å². The Labute approximate surface area is 139 Å².